The molecule has 35 heavy (non-hydrogen) atoms. The van der Waals surface area contributed by atoms with E-state index in [-0.39, 0.29) is 29.5 Å². The minimum atomic E-state index is -0.590. The van der Waals surface area contributed by atoms with Gasteiger partial charge >= 0.3 is 0 Å². The molecule has 2 amide bonds. The Labute approximate surface area is 202 Å². The van der Waals surface area contributed by atoms with E-state index in [0.29, 0.717) is 31.9 Å². The Morgan fingerprint density at radius 1 is 1.06 bits per heavy atom. The second kappa shape index (κ2) is 10.6. The van der Waals surface area contributed by atoms with Crippen LogP contribution in [-0.2, 0) is 6.54 Å². The van der Waals surface area contributed by atoms with Gasteiger partial charge in [0, 0.05) is 50.3 Å². The molecular formula is C26H29FN4O4. The minimum Gasteiger partial charge on any atom is -0.467 e. The number of aromatic nitrogens is 1. The van der Waals surface area contributed by atoms with Crippen molar-refractivity contribution in [2.45, 2.75) is 32.9 Å². The van der Waals surface area contributed by atoms with E-state index in [4.69, 9.17) is 4.42 Å². The number of amides is 2. The van der Waals surface area contributed by atoms with Crippen LogP contribution >= 0.6 is 0 Å². The second-order valence-corrected chi connectivity index (χ2v) is 8.64. The molecule has 3 heterocycles. The van der Waals surface area contributed by atoms with Gasteiger partial charge in [0.05, 0.1) is 12.8 Å². The number of nitrogens with one attached hydrogen (secondary N) is 1. The summed E-state index contributed by atoms with van der Waals surface area (Å²) in [5.74, 6) is -0.689. The highest BCUT2D eigenvalue weighted by molar-refractivity contribution is 5.99. The van der Waals surface area contributed by atoms with Crippen LogP contribution < -0.4 is 15.6 Å². The third-order valence-corrected chi connectivity index (χ3v) is 6.38. The molecule has 0 aliphatic carbocycles. The van der Waals surface area contributed by atoms with Crippen LogP contribution in [0.1, 0.15) is 52.8 Å². The Kier molecular flexibility index (Phi) is 7.33. The highest BCUT2D eigenvalue weighted by atomic mass is 19.1. The van der Waals surface area contributed by atoms with Gasteiger partial charge in [-0.15, -0.1) is 0 Å². The van der Waals surface area contributed by atoms with Gasteiger partial charge in [0.25, 0.3) is 11.8 Å². The Balaban J connectivity index is 1.54. The summed E-state index contributed by atoms with van der Waals surface area (Å²) in [7, 11) is 0. The fourth-order valence-corrected chi connectivity index (χ4v) is 4.04. The van der Waals surface area contributed by atoms with Crippen molar-refractivity contribution in [1.29, 1.82) is 0 Å². The average molecular weight is 481 g/mol. The number of hydrogen-bond donors (Lipinski definition) is 1. The number of carbonyl (C=O) groups excluding carboxylic acids is 2. The Bertz CT molecular complexity index is 1230. The van der Waals surface area contributed by atoms with Crippen LogP contribution in [0.2, 0.25) is 0 Å². The first-order valence-electron chi connectivity index (χ1n) is 11.7. The maximum atomic E-state index is 13.4. The molecule has 1 fully saturated rings. The van der Waals surface area contributed by atoms with Crippen molar-refractivity contribution in [1.82, 2.24) is 14.8 Å². The molecule has 1 aliphatic rings. The van der Waals surface area contributed by atoms with Crippen molar-refractivity contribution in [3.8, 4) is 0 Å². The van der Waals surface area contributed by atoms with Gasteiger partial charge in [0.1, 0.15) is 22.7 Å². The SMILES string of the molecule is CC[C@H](C)n1cc(C(=O)NCc2ccco2)c(=O)c(C(=O)N2CCN(c3ccc(F)cc3)CC2)c1. The van der Waals surface area contributed by atoms with Gasteiger partial charge in [-0.25, -0.2) is 4.39 Å². The van der Waals surface area contributed by atoms with Crippen LogP contribution in [0.25, 0.3) is 0 Å². The van der Waals surface area contributed by atoms with Crippen molar-refractivity contribution in [3.05, 3.63) is 88.0 Å². The van der Waals surface area contributed by atoms with Gasteiger partial charge in [-0.05, 0) is 49.7 Å². The van der Waals surface area contributed by atoms with Crippen LogP contribution in [0.5, 0.6) is 0 Å². The highest BCUT2D eigenvalue weighted by Gasteiger charge is 2.27. The number of carbonyl (C=O) groups is 2. The van der Waals surface area contributed by atoms with Crippen LogP contribution in [0.3, 0.4) is 0 Å². The van der Waals surface area contributed by atoms with Crippen molar-refractivity contribution in [2.75, 3.05) is 31.1 Å². The summed E-state index contributed by atoms with van der Waals surface area (Å²) in [4.78, 5) is 43.2. The lowest BCUT2D eigenvalue weighted by atomic mass is 10.1. The molecule has 8 nitrogen and oxygen atoms in total. The Hall–Kier alpha value is -3.88. The Morgan fingerprint density at radius 2 is 1.74 bits per heavy atom. The quantitative estimate of drug-likeness (QED) is 0.560. The molecular weight excluding hydrogens is 451 g/mol. The summed E-state index contributed by atoms with van der Waals surface area (Å²) in [6.45, 7) is 6.03. The number of pyridine rings is 1. The van der Waals surface area contributed by atoms with Gasteiger partial charge in [-0.1, -0.05) is 6.92 Å². The molecule has 1 N–H and O–H groups in total. The van der Waals surface area contributed by atoms with Gasteiger partial charge in [-0.3, -0.25) is 14.4 Å². The van der Waals surface area contributed by atoms with E-state index in [9.17, 15) is 18.8 Å². The lowest BCUT2D eigenvalue weighted by Gasteiger charge is -2.36. The zero-order chi connectivity index (χ0) is 24.9. The maximum absolute atomic E-state index is 13.4. The largest absolute Gasteiger partial charge is 0.467 e. The molecule has 1 aromatic carbocycles. The van der Waals surface area contributed by atoms with E-state index in [2.05, 4.69) is 10.2 Å². The molecule has 0 saturated carbocycles. The van der Waals surface area contributed by atoms with Crippen molar-refractivity contribution >= 4 is 17.5 Å². The first-order chi connectivity index (χ1) is 16.9. The molecule has 9 heteroatoms. The number of benzene rings is 1. The van der Waals surface area contributed by atoms with Crippen LogP contribution in [0.15, 0.2) is 64.3 Å². The predicted octanol–water partition coefficient (Wildman–Crippen LogP) is 3.44. The molecule has 0 unspecified atom stereocenters. The van der Waals surface area contributed by atoms with Crippen molar-refractivity contribution in [3.63, 3.8) is 0 Å². The van der Waals surface area contributed by atoms with Gasteiger partial charge in [0.2, 0.25) is 5.43 Å². The van der Waals surface area contributed by atoms with E-state index >= 15 is 0 Å². The zero-order valence-electron chi connectivity index (χ0n) is 19.9. The van der Waals surface area contributed by atoms with E-state index in [1.165, 1.54) is 24.6 Å². The fourth-order valence-electron chi connectivity index (χ4n) is 4.04. The number of furan rings is 1. The van der Waals surface area contributed by atoms with Gasteiger partial charge in [-0.2, -0.15) is 0 Å². The topological polar surface area (TPSA) is 87.8 Å². The summed E-state index contributed by atoms with van der Waals surface area (Å²) in [6.07, 6.45) is 5.33. The summed E-state index contributed by atoms with van der Waals surface area (Å²) >= 11 is 0. The zero-order valence-corrected chi connectivity index (χ0v) is 19.9. The standard InChI is InChI=1S/C26H29FN4O4/c1-3-18(2)31-16-22(25(33)28-15-21-5-4-14-35-21)24(32)23(17-31)26(34)30-12-10-29(11-13-30)20-8-6-19(27)7-9-20/h4-9,14,16-18H,3,10-13,15H2,1-2H3,(H,28,33)/t18-/m0/s1. The van der Waals surface area contributed by atoms with Crippen molar-refractivity contribution < 1.29 is 18.4 Å². The lowest BCUT2D eigenvalue weighted by Crippen LogP contribution is -2.50. The molecule has 184 valence electrons. The fraction of sp³-hybridized carbons (Fsp3) is 0.346. The smallest absolute Gasteiger partial charge is 0.259 e. The minimum absolute atomic E-state index is 0.00547. The summed E-state index contributed by atoms with van der Waals surface area (Å²) in [6, 6.07) is 9.68. The molecule has 2 aromatic heterocycles. The number of halogens is 1. The number of anilines is 1. The van der Waals surface area contributed by atoms with Gasteiger partial charge in [0.15, 0.2) is 0 Å². The van der Waals surface area contributed by atoms with E-state index in [1.807, 2.05) is 13.8 Å². The number of nitrogens with zero attached hydrogens (tertiary/aromatic N) is 3. The lowest BCUT2D eigenvalue weighted by molar-refractivity contribution is 0.0744. The third kappa shape index (κ3) is 5.45. The first kappa shape index (κ1) is 24.3. The number of hydrogen-bond acceptors (Lipinski definition) is 5. The van der Waals surface area contributed by atoms with Gasteiger partial charge < -0.3 is 24.1 Å². The van der Waals surface area contributed by atoms with Crippen LogP contribution in [0, 0.1) is 5.82 Å². The second-order valence-electron chi connectivity index (χ2n) is 8.64. The molecule has 3 aromatic rings. The molecule has 1 saturated heterocycles. The molecule has 0 radical (unpaired) electrons. The first-order valence-corrected chi connectivity index (χ1v) is 11.7. The van der Waals surface area contributed by atoms with E-state index in [0.717, 1.165) is 12.1 Å². The molecule has 0 bridgehead atoms. The van der Waals surface area contributed by atoms with E-state index in [1.54, 1.807) is 39.9 Å². The average Bonchev–Trinajstić information content (AvgIpc) is 3.41. The summed E-state index contributed by atoms with van der Waals surface area (Å²) in [5, 5.41) is 2.70. The van der Waals surface area contributed by atoms with E-state index < -0.39 is 17.2 Å². The molecule has 0 spiro atoms. The van der Waals surface area contributed by atoms with Crippen LogP contribution in [-0.4, -0.2) is 47.5 Å². The third-order valence-electron chi connectivity index (χ3n) is 6.38. The molecule has 1 aliphatic heterocycles. The van der Waals surface area contributed by atoms with Crippen LogP contribution in [0.4, 0.5) is 10.1 Å². The Morgan fingerprint density at radius 3 is 2.37 bits per heavy atom. The number of piperazine rings is 1. The summed E-state index contributed by atoms with van der Waals surface area (Å²) < 4.78 is 20.2. The normalized spacial score (nSPS) is 14.6. The maximum Gasteiger partial charge on any atom is 0.259 e. The van der Waals surface area contributed by atoms with Crippen molar-refractivity contribution in [2.24, 2.45) is 0 Å². The molecule has 4 rings (SSSR count). The highest BCUT2D eigenvalue weighted by Crippen LogP contribution is 2.18. The molecule has 1 atom stereocenters. The number of rotatable bonds is 7. The predicted molar refractivity (Wildman–Crippen MR) is 130 cm³/mol. The monoisotopic (exact) mass is 480 g/mol. The summed E-state index contributed by atoms with van der Waals surface area (Å²) in [5.41, 5.74) is 0.194.